The highest BCUT2D eigenvalue weighted by Gasteiger charge is 2.39. The number of Topliss-reactive ketones (excluding diaryl/α,β-unsaturated/α-hetero) is 1. The summed E-state index contributed by atoms with van der Waals surface area (Å²) in [5.74, 6) is 0.443. The first-order chi connectivity index (χ1) is 13.9. The van der Waals surface area contributed by atoms with E-state index in [1.807, 2.05) is 0 Å². The van der Waals surface area contributed by atoms with Crippen LogP contribution in [0.25, 0.3) is 11.0 Å². The first kappa shape index (κ1) is 22.0. The standard InChI is InChI=1S/C19H14F6N2O2S/c1-9(28)10-3-4-15(29-2)11(5-10)8-30-17-26-14-7-12(18(20,21)22)6-13(16(14)27-17)19(23,24)25/h3-7H,8H2,1-2H3,(H,26,27). The molecule has 0 spiro atoms. The van der Waals surface area contributed by atoms with Crippen LogP contribution in [0.1, 0.15) is 34.0 Å². The largest absolute Gasteiger partial charge is 0.496 e. The van der Waals surface area contributed by atoms with Crippen molar-refractivity contribution in [3.63, 3.8) is 0 Å². The van der Waals surface area contributed by atoms with Crippen molar-refractivity contribution in [2.24, 2.45) is 0 Å². The Morgan fingerprint density at radius 3 is 2.37 bits per heavy atom. The third kappa shape index (κ3) is 4.55. The van der Waals surface area contributed by atoms with E-state index in [2.05, 4.69) is 9.97 Å². The van der Waals surface area contributed by atoms with Gasteiger partial charge in [0.05, 0.1) is 23.8 Å². The summed E-state index contributed by atoms with van der Waals surface area (Å²) in [7, 11) is 1.42. The fourth-order valence-corrected chi connectivity index (χ4v) is 3.66. The topological polar surface area (TPSA) is 55.0 Å². The van der Waals surface area contributed by atoms with E-state index < -0.39 is 29.0 Å². The molecule has 0 aliphatic carbocycles. The van der Waals surface area contributed by atoms with Crippen LogP contribution in [0, 0.1) is 0 Å². The minimum Gasteiger partial charge on any atom is -0.496 e. The number of aromatic nitrogens is 2. The van der Waals surface area contributed by atoms with Crippen molar-refractivity contribution in [1.82, 2.24) is 9.97 Å². The molecule has 3 rings (SSSR count). The number of ketones is 1. The third-order valence-electron chi connectivity index (χ3n) is 4.25. The number of carbonyl (C=O) groups is 1. The first-order valence-electron chi connectivity index (χ1n) is 8.39. The molecule has 0 saturated carbocycles. The van der Waals surface area contributed by atoms with Crippen molar-refractivity contribution in [2.45, 2.75) is 30.2 Å². The number of aromatic amines is 1. The molecule has 0 amide bonds. The van der Waals surface area contributed by atoms with Gasteiger partial charge in [0.15, 0.2) is 10.9 Å². The summed E-state index contributed by atoms with van der Waals surface area (Å²) in [4.78, 5) is 17.9. The molecule has 160 valence electrons. The van der Waals surface area contributed by atoms with E-state index in [0.717, 1.165) is 11.8 Å². The van der Waals surface area contributed by atoms with Crippen LogP contribution < -0.4 is 4.74 Å². The van der Waals surface area contributed by atoms with Gasteiger partial charge < -0.3 is 9.72 Å². The highest BCUT2D eigenvalue weighted by Crippen LogP contribution is 2.40. The number of carbonyl (C=O) groups excluding carboxylic acids is 1. The second kappa shape index (κ2) is 7.86. The van der Waals surface area contributed by atoms with Gasteiger partial charge in [-0.15, -0.1) is 0 Å². The molecule has 3 aromatic rings. The summed E-state index contributed by atoms with van der Waals surface area (Å²) >= 11 is 0.975. The fraction of sp³-hybridized carbons (Fsp3) is 0.263. The number of imidazole rings is 1. The highest BCUT2D eigenvalue weighted by atomic mass is 32.2. The lowest BCUT2D eigenvalue weighted by molar-refractivity contribution is -0.142. The van der Waals surface area contributed by atoms with Crippen molar-refractivity contribution in [2.75, 3.05) is 7.11 Å². The van der Waals surface area contributed by atoms with Crippen LogP contribution >= 0.6 is 11.8 Å². The molecule has 0 aliphatic heterocycles. The maximum atomic E-state index is 13.3. The lowest BCUT2D eigenvalue weighted by Crippen LogP contribution is -2.11. The van der Waals surface area contributed by atoms with Gasteiger partial charge >= 0.3 is 12.4 Å². The predicted molar refractivity (Wildman–Crippen MR) is 98.7 cm³/mol. The summed E-state index contributed by atoms with van der Waals surface area (Å²) in [6.07, 6.45) is -9.94. The lowest BCUT2D eigenvalue weighted by Gasteiger charge is -2.11. The Labute approximate surface area is 170 Å². The Balaban J connectivity index is 1.99. The molecular formula is C19H14F6N2O2S. The minimum atomic E-state index is -5.00. The number of methoxy groups -OCH3 is 1. The van der Waals surface area contributed by atoms with Crippen molar-refractivity contribution in [3.8, 4) is 5.75 Å². The number of hydrogen-bond acceptors (Lipinski definition) is 4. The second-order valence-corrected chi connectivity index (χ2v) is 7.29. The Morgan fingerprint density at radius 2 is 1.80 bits per heavy atom. The number of H-pyrrole nitrogens is 1. The molecule has 1 N–H and O–H groups in total. The maximum absolute atomic E-state index is 13.3. The smallest absolute Gasteiger partial charge is 0.418 e. The fourth-order valence-electron chi connectivity index (χ4n) is 2.80. The van der Waals surface area contributed by atoms with E-state index in [1.54, 1.807) is 18.2 Å². The van der Waals surface area contributed by atoms with Gasteiger partial charge in [-0.05, 0) is 37.3 Å². The van der Waals surface area contributed by atoms with Crippen molar-refractivity contribution < 1.29 is 35.9 Å². The van der Waals surface area contributed by atoms with Crippen molar-refractivity contribution >= 4 is 28.6 Å². The van der Waals surface area contributed by atoms with Crippen LogP contribution in [-0.2, 0) is 18.1 Å². The molecular weight excluding hydrogens is 434 g/mol. The van der Waals surface area contributed by atoms with Gasteiger partial charge in [-0.25, -0.2) is 4.98 Å². The molecule has 30 heavy (non-hydrogen) atoms. The number of hydrogen-bond donors (Lipinski definition) is 1. The van der Waals surface area contributed by atoms with Crippen LogP contribution in [0.4, 0.5) is 26.3 Å². The van der Waals surface area contributed by atoms with E-state index in [1.165, 1.54) is 14.0 Å². The number of rotatable bonds is 5. The zero-order chi connectivity index (χ0) is 22.3. The zero-order valence-electron chi connectivity index (χ0n) is 15.5. The van der Waals surface area contributed by atoms with Crippen LogP contribution in [0.15, 0.2) is 35.5 Å². The number of halogens is 6. The molecule has 0 atom stereocenters. The normalized spacial score (nSPS) is 12.4. The van der Waals surface area contributed by atoms with Crippen molar-refractivity contribution in [3.05, 3.63) is 52.6 Å². The average molecular weight is 448 g/mol. The summed E-state index contributed by atoms with van der Waals surface area (Å²) in [6, 6.07) is 5.39. The van der Waals surface area contributed by atoms with Gasteiger partial charge in [-0.1, -0.05) is 11.8 Å². The van der Waals surface area contributed by atoms with Gasteiger partial charge in [-0.2, -0.15) is 26.3 Å². The van der Waals surface area contributed by atoms with Crippen LogP contribution in [0.3, 0.4) is 0 Å². The SMILES string of the molecule is COc1ccc(C(C)=O)cc1CSc1nc2c(C(F)(F)F)cc(C(F)(F)F)cc2[nH]1. The monoisotopic (exact) mass is 448 g/mol. The number of alkyl halides is 6. The molecule has 0 saturated heterocycles. The summed E-state index contributed by atoms with van der Waals surface area (Å²) < 4.78 is 84.1. The molecule has 0 fully saturated rings. The second-order valence-electron chi connectivity index (χ2n) is 6.33. The quantitative estimate of drug-likeness (QED) is 0.291. The Hall–Kier alpha value is -2.69. The number of fused-ring (bicyclic) bond motifs is 1. The molecule has 0 aliphatic rings. The van der Waals surface area contributed by atoms with Gasteiger partial charge in [0.25, 0.3) is 0 Å². The summed E-state index contributed by atoms with van der Waals surface area (Å²) in [5.41, 5.74) is -2.84. The Bertz CT molecular complexity index is 1100. The molecule has 4 nitrogen and oxygen atoms in total. The average Bonchev–Trinajstić information content (AvgIpc) is 3.06. The summed E-state index contributed by atoms with van der Waals surface area (Å²) in [5, 5.41) is 0.00473. The molecule has 0 bridgehead atoms. The van der Waals surface area contributed by atoms with Crippen molar-refractivity contribution in [1.29, 1.82) is 0 Å². The van der Waals surface area contributed by atoms with Gasteiger partial charge in [0, 0.05) is 16.9 Å². The molecule has 1 aromatic heterocycles. The number of ether oxygens (including phenoxy) is 1. The number of nitrogens with one attached hydrogen (secondary N) is 1. The predicted octanol–water partition coefficient (Wildman–Crippen LogP) is 6.10. The highest BCUT2D eigenvalue weighted by molar-refractivity contribution is 7.98. The van der Waals surface area contributed by atoms with Gasteiger partial charge in [-0.3, -0.25) is 4.79 Å². The third-order valence-corrected chi connectivity index (χ3v) is 5.17. The molecule has 2 aromatic carbocycles. The Morgan fingerprint density at radius 1 is 1.10 bits per heavy atom. The first-order valence-corrected chi connectivity index (χ1v) is 9.37. The lowest BCUT2D eigenvalue weighted by atomic mass is 10.1. The number of thioether (sulfide) groups is 1. The van der Waals surface area contributed by atoms with Gasteiger partial charge in [0.1, 0.15) is 11.3 Å². The van der Waals surface area contributed by atoms with E-state index >= 15 is 0 Å². The Kier molecular flexibility index (Phi) is 5.76. The van der Waals surface area contributed by atoms with E-state index in [0.29, 0.717) is 22.9 Å². The molecule has 0 unspecified atom stereocenters. The van der Waals surface area contributed by atoms with E-state index in [4.69, 9.17) is 4.74 Å². The van der Waals surface area contributed by atoms with E-state index in [9.17, 15) is 31.1 Å². The number of nitrogens with zero attached hydrogens (tertiary/aromatic N) is 1. The molecule has 11 heteroatoms. The van der Waals surface area contributed by atoms with E-state index in [-0.39, 0.29) is 28.3 Å². The minimum absolute atomic E-state index is 0.00473. The molecule has 1 heterocycles. The number of benzene rings is 2. The zero-order valence-corrected chi connectivity index (χ0v) is 16.4. The van der Waals surface area contributed by atoms with Crippen LogP contribution in [0.5, 0.6) is 5.75 Å². The van der Waals surface area contributed by atoms with Gasteiger partial charge in [0.2, 0.25) is 0 Å². The van der Waals surface area contributed by atoms with Crippen LogP contribution in [-0.4, -0.2) is 22.9 Å². The molecule has 0 radical (unpaired) electrons. The maximum Gasteiger partial charge on any atom is 0.418 e. The van der Waals surface area contributed by atoms with Crippen LogP contribution in [0.2, 0.25) is 0 Å². The summed E-state index contributed by atoms with van der Waals surface area (Å²) in [6.45, 7) is 1.38.